The summed E-state index contributed by atoms with van der Waals surface area (Å²) in [5, 5.41) is 3.42. The molecule has 2 atom stereocenters. The van der Waals surface area contributed by atoms with E-state index < -0.39 is 0 Å². The van der Waals surface area contributed by atoms with Gasteiger partial charge in [-0.3, -0.25) is 4.90 Å². The summed E-state index contributed by atoms with van der Waals surface area (Å²) in [6, 6.07) is 6.69. The summed E-state index contributed by atoms with van der Waals surface area (Å²) in [7, 11) is 1.67. The Balaban J connectivity index is 1.73. The van der Waals surface area contributed by atoms with Crippen molar-refractivity contribution in [2.75, 3.05) is 40.0 Å². The van der Waals surface area contributed by atoms with Gasteiger partial charge in [0.05, 0.1) is 26.4 Å². The highest BCUT2D eigenvalue weighted by Gasteiger charge is 2.35. The van der Waals surface area contributed by atoms with Gasteiger partial charge >= 0.3 is 0 Å². The zero-order valence-corrected chi connectivity index (χ0v) is 12.8. The van der Waals surface area contributed by atoms with Crippen molar-refractivity contribution in [3.05, 3.63) is 23.8 Å². The lowest BCUT2D eigenvalue weighted by Crippen LogP contribution is -2.50. The molecule has 0 aliphatic carbocycles. The highest BCUT2D eigenvalue weighted by molar-refractivity contribution is 5.43. The van der Waals surface area contributed by atoms with Crippen molar-refractivity contribution in [3.8, 4) is 11.5 Å². The molecule has 0 amide bonds. The third kappa shape index (κ3) is 3.15. The van der Waals surface area contributed by atoms with Crippen LogP contribution in [0.5, 0.6) is 11.5 Å². The fourth-order valence-electron chi connectivity index (χ4n) is 3.18. The first-order chi connectivity index (χ1) is 10.3. The molecule has 116 valence electrons. The fraction of sp³-hybridized carbons (Fsp3) is 0.625. The van der Waals surface area contributed by atoms with Crippen LogP contribution in [-0.2, 0) is 11.3 Å². The van der Waals surface area contributed by atoms with Gasteiger partial charge in [-0.1, -0.05) is 6.07 Å². The molecule has 5 nitrogen and oxygen atoms in total. The topological polar surface area (TPSA) is 43.0 Å². The molecule has 0 unspecified atom stereocenters. The maximum atomic E-state index is 5.82. The molecule has 1 aromatic carbocycles. The molecule has 1 aromatic rings. The van der Waals surface area contributed by atoms with Crippen LogP contribution < -0.4 is 14.8 Å². The maximum absolute atomic E-state index is 5.82. The summed E-state index contributed by atoms with van der Waals surface area (Å²) >= 11 is 0. The van der Waals surface area contributed by atoms with E-state index in [4.69, 9.17) is 14.2 Å². The lowest BCUT2D eigenvalue weighted by Gasteiger charge is -2.37. The number of nitrogens with zero attached hydrogens (tertiary/aromatic N) is 1. The summed E-state index contributed by atoms with van der Waals surface area (Å²) in [6.07, 6.45) is 0.336. The second kappa shape index (κ2) is 6.64. The molecule has 2 saturated heterocycles. The summed E-state index contributed by atoms with van der Waals surface area (Å²) in [5.74, 6) is 1.62. The van der Waals surface area contributed by atoms with Gasteiger partial charge in [0, 0.05) is 32.2 Å². The number of benzene rings is 1. The van der Waals surface area contributed by atoms with Gasteiger partial charge in [0.15, 0.2) is 11.5 Å². The zero-order valence-electron chi connectivity index (χ0n) is 12.8. The van der Waals surface area contributed by atoms with Gasteiger partial charge in [0.2, 0.25) is 0 Å². The van der Waals surface area contributed by atoms with Crippen LogP contribution in [-0.4, -0.2) is 57.0 Å². The van der Waals surface area contributed by atoms with Crippen LogP contribution in [0.15, 0.2) is 18.2 Å². The Morgan fingerprint density at radius 2 is 2.24 bits per heavy atom. The van der Waals surface area contributed by atoms with Crippen molar-refractivity contribution in [1.82, 2.24) is 10.2 Å². The molecule has 21 heavy (non-hydrogen) atoms. The van der Waals surface area contributed by atoms with Gasteiger partial charge < -0.3 is 19.5 Å². The molecule has 2 aliphatic rings. The number of hydrogen-bond acceptors (Lipinski definition) is 5. The molecule has 0 saturated carbocycles. The van der Waals surface area contributed by atoms with Gasteiger partial charge in [-0.15, -0.1) is 0 Å². The minimum absolute atomic E-state index is 0.336. The highest BCUT2D eigenvalue weighted by atomic mass is 16.5. The normalized spacial score (nSPS) is 25.6. The van der Waals surface area contributed by atoms with Crippen LogP contribution in [0.25, 0.3) is 0 Å². The van der Waals surface area contributed by atoms with Crippen LogP contribution in [0.2, 0.25) is 0 Å². The van der Waals surface area contributed by atoms with Gasteiger partial charge in [-0.25, -0.2) is 0 Å². The van der Waals surface area contributed by atoms with Gasteiger partial charge in [0.25, 0.3) is 0 Å². The van der Waals surface area contributed by atoms with E-state index in [1.165, 1.54) is 5.56 Å². The predicted octanol–water partition coefficient (Wildman–Crippen LogP) is 1.27. The number of nitrogens with one attached hydrogen (secondary N) is 1. The summed E-state index contributed by atoms with van der Waals surface area (Å²) < 4.78 is 16.8. The Morgan fingerprint density at radius 3 is 3.05 bits per heavy atom. The lowest BCUT2D eigenvalue weighted by atomic mass is 10.1. The van der Waals surface area contributed by atoms with Crippen molar-refractivity contribution in [3.63, 3.8) is 0 Å². The maximum Gasteiger partial charge on any atom is 0.161 e. The summed E-state index contributed by atoms with van der Waals surface area (Å²) in [6.45, 7) is 7.34. The molecule has 0 bridgehead atoms. The van der Waals surface area contributed by atoms with Gasteiger partial charge in [-0.05, 0) is 24.6 Å². The third-order valence-corrected chi connectivity index (χ3v) is 4.22. The van der Waals surface area contributed by atoms with Gasteiger partial charge in [-0.2, -0.15) is 0 Å². The zero-order chi connectivity index (χ0) is 14.7. The number of methoxy groups -OCH3 is 1. The largest absolute Gasteiger partial charge is 0.493 e. The van der Waals surface area contributed by atoms with E-state index in [9.17, 15) is 0 Å². The van der Waals surface area contributed by atoms with E-state index in [1.807, 2.05) is 13.0 Å². The standard InChI is InChI=1S/C16H24N2O3/c1-3-20-15-8-12(4-5-14(15)19-2)11-18-6-7-21-16-10-17-9-13(16)18/h4-5,8,13,16-17H,3,6-7,9-11H2,1-2H3/t13-,16+/m1/s1. The van der Waals surface area contributed by atoms with Crippen molar-refractivity contribution in [2.45, 2.75) is 25.6 Å². The second-order valence-electron chi connectivity index (χ2n) is 5.52. The molecule has 0 aromatic heterocycles. The Labute approximate surface area is 126 Å². The molecule has 0 radical (unpaired) electrons. The summed E-state index contributed by atoms with van der Waals surface area (Å²) in [4.78, 5) is 2.51. The van der Waals surface area contributed by atoms with Crippen molar-refractivity contribution < 1.29 is 14.2 Å². The van der Waals surface area contributed by atoms with E-state index in [2.05, 4.69) is 22.3 Å². The Kier molecular flexibility index (Phi) is 4.63. The molecule has 2 heterocycles. The number of morpholine rings is 1. The number of fused-ring (bicyclic) bond motifs is 1. The van der Waals surface area contributed by atoms with E-state index in [0.29, 0.717) is 18.8 Å². The number of hydrogen-bond donors (Lipinski definition) is 1. The molecular formula is C16H24N2O3. The van der Waals surface area contributed by atoms with E-state index in [-0.39, 0.29) is 0 Å². The first-order valence-corrected chi connectivity index (χ1v) is 7.68. The minimum atomic E-state index is 0.336. The second-order valence-corrected chi connectivity index (χ2v) is 5.52. The highest BCUT2D eigenvalue weighted by Crippen LogP contribution is 2.29. The van der Waals surface area contributed by atoms with Crippen LogP contribution in [0.1, 0.15) is 12.5 Å². The molecular weight excluding hydrogens is 268 g/mol. The summed E-state index contributed by atoms with van der Waals surface area (Å²) in [5.41, 5.74) is 1.26. The Morgan fingerprint density at radius 1 is 1.33 bits per heavy atom. The average molecular weight is 292 g/mol. The SMILES string of the molecule is CCOc1cc(CN2CCO[C@H]3CNC[C@H]32)ccc1OC. The van der Waals surface area contributed by atoms with Crippen LogP contribution >= 0.6 is 0 Å². The molecule has 2 aliphatic heterocycles. The predicted molar refractivity (Wildman–Crippen MR) is 81.0 cm³/mol. The minimum Gasteiger partial charge on any atom is -0.493 e. The Bertz CT molecular complexity index is 481. The smallest absolute Gasteiger partial charge is 0.161 e. The van der Waals surface area contributed by atoms with E-state index in [0.717, 1.165) is 44.3 Å². The van der Waals surface area contributed by atoms with E-state index >= 15 is 0 Å². The van der Waals surface area contributed by atoms with Crippen LogP contribution in [0.4, 0.5) is 0 Å². The molecule has 3 rings (SSSR count). The average Bonchev–Trinajstić information content (AvgIpc) is 2.98. The molecule has 1 N–H and O–H groups in total. The van der Waals surface area contributed by atoms with Crippen molar-refractivity contribution in [2.24, 2.45) is 0 Å². The number of rotatable bonds is 5. The van der Waals surface area contributed by atoms with Crippen molar-refractivity contribution in [1.29, 1.82) is 0 Å². The Hall–Kier alpha value is -1.30. The monoisotopic (exact) mass is 292 g/mol. The van der Waals surface area contributed by atoms with Gasteiger partial charge in [0.1, 0.15) is 0 Å². The molecule has 2 fully saturated rings. The lowest BCUT2D eigenvalue weighted by molar-refractivity contribution is -0.0500. The fourth-order valence-corrected chi connectivity index (χ4v) is 3.18. The first kappa shape index (κ1) is 14.6. The van der Waals surface area contributed by atoms with Crippen LogP contribution in [0.3, 0.4) is 0 Å². The van der Waals surface area contributed by atoms with Crippen LogP contribution in [0, 0.1) is 0 Å². The van der Waals surface area contributed by atoms with E-state index in [1.54, 1.807) is 7.11 Å². The molecule has 5 heteroatoms. The van der Waals surface area contributed by atoms with Crippen molar-refractivity contribution >= 4 is 0 Å². The quantitative estimate of drug-likeness (QED) is 0.885. The number of ether oxygens (including phenoxy) is 3. The third-order valence-electron chi connectivity index (χ3n) is 4.22. The molecule has 0 spiro atoms. The first-order valence-electron chi connectivity index (χ1n) is 7.68.